The second-order valence-electron chi connectivity index (χ2n) is 6.01. The Hall–Kier alpha value is -3.72. The van der Waals surface area contributed by atoms with E-state index in [-0.39, 0.29) is 11.7 Å². The van der Waals surface area contributed by atoms with Gasteiger partial charge in [-0.2, -0.15) is 5.26 Å². The molecule has 5 nitrogen and oxygen atoms in total. The topological polar surface area (TPSA) is 69.0 Å². The Bertz CT molecular complexity index is 1010. The summed E-state index contributed by atoms with van der Waals surface area (Å²) < 4.78 is 13.4. The van der Waals surface area contributed by atoms with E-state index in [4.69, 9.17) is 5.26 Å². The lowest BCUT2D eigenvalue weighted by molar-refractivity contribution is 0.0785. The van der Waals surface area contributed by atoms with Gasteiger partial charge in [0, 0.05) is 25.5 Å². The SMILES string of the molecule is CN(Cc1cccc(C#N)c1)C(=O)c1cccnc1Nc1cccc(F)c1. The molecule has 27 heavy (non-hydrogen) atoms. The van der Waals surface area contributed by atoms with E-state index in [0.29, 0.717) is 29.2 Å². The maximum atomic E-state index is 13.4. The molecule has 0 saturated heterocycles. The first kappa shape index (κ1) is 18.1. The number of rotatable bonds is 5. The highest BCUT2D eigenvalue weighted by atomic mass is 19.1. The minimum absolute atomic E-state index is 0.232. The predicted octanol–water partition coefficient (Wildman–Crippen LogP) is 4.11. The predicted molar refractivity (Wildman–Crippen MR) is 101 cm³/mol. The Morgan fingerprint density at radius 2 is 2.00 bits per heavy atom. The Kier molecular flexibility index (Phi) is 5.43. The second-order valence-corrected chi connectivity index (χ2v) is 6.01. The molecule has 0 aliphatic carbocycles. The van der Waals surface area contributed by atoms with Gasteiger partial charge in [0.2, 0.25) is 0 Å². The normalized spacial score (nSPS) is 10.1. The van der Waals surface area contributed by atoms with Crippen molar-refractivity contribution in [3.05, 3.63) is 89.4 Å². The number of hydrogen-bond acceptors (Lipinski definition) is 4. The Morgan fingerprint density at radius 3 is 2.78 bits per heavy atom. The van der Waals surface area contributed by atoms with E-state index in [1.807, 2.05) is 6.07 Å². The van der Waals surface area contributed by atoms with Crippen molar-refractivity contribution in [3.8, 4) is 6.07 Å². The standard InChI is InChI=1S/C21H17FN4O/c1-26(14-16-6-2-5-15(11-16)13-23)21(27)19-9-4-10-24-20(19)25-18-8-3-7-17(22)12-18/h2-12H,14H2,1H3,(H,24,25). The van der Waals surface area contributed by atoms with E-state index >= 15 is 0 Å². The summed E-state index contributed by atoms with van der Waals surface area (Å²) in [6.07, 6.45) is 1.56. The molecule has 3 rings (SSSR count). The van der Waals surface area contributed by atoms with Gasteiger partial charge in [0.25, 0.3) is 5.91 Å². The summed E-state index contributed by atoms with van der Waals surface area (Å²) in [6.45, 7) is 0.350. The minimum Gasteiger partial charge on any atom is -0.339 e. The molecule has 1 aromatic heterocycles. The molecule has 0 spiro atoms. The van der Waals surface area contributed by atoms with Crippen molar-refractivity contribution in [2.45, 2.75) is 6.54 Å². The number of nitriles is 1. The lowest BCUT2D eigenvalue weighted by Crippen LogP contribution is -2.27. The largest absolute Gasteiger partial charge is 0.339 e. The molecule has 1 amide bonds. The third-order valence-corrected chi connectivity index (χ3v) is 3.95. The number of halogens is 1. The molecule has 3 aromatic rings. The molecule has 0 unspecified atom stereocenters. The monoisotopic (exact) mass is 360 g/mol. The first-order valence-electron chi connectivity index (χ1n) is 8.29. The summed E-state index contributed by atoms with van der Waals surface area (Å²) in [6, 6.07) is 18.5. The van der Waals surface area contributed by atoms with Crippen molar-refractivity contribution in [2.75, 3.05) is 12.4 Å². The van der Waals surface area contributed by atoms with Gasteiger partial charge >= 0.3 is 0 Å². The number of benzene rings is 2. The van der Waals surface area contributed by atoms with Crippen LogP contribution in [0.4, 0.5) is 15.9 Å². The maximum absolute atomic E-state index is 13.4. The smallest absolute Gasteiger partial charge is 0.257 e. The zero-order valence-corrected chi connectivity index (χ0v) is 14.7. The third kappa shape index (κ3) is 4.47. The number of aromatic nitrogens is 1. The minimum atomic E-state index is -0.377. The molecule has 0 aliphatic heterocycles. The number of hydrogen-bond donors (Lipinski definition) is 1. The van der Waals surface area contributed by atoms with Crippen molar-refractivity contribution < 1.29 is 9.18 Å². The molecule has 0 bridgehead atoms. The van der Waals surface area contributed by atoms with Crippen molar-refractivity contribution in [3.63, 3.8) is 0 Å². The maximum Gasteiger partial charge on any atom is 0.257 e. The van der Waals surface area contributed by atoms with Gasteiger partial charge in [-0.05, 0) is 48.0 Å². The highest BCUT2D eigenvalue weighted by Gasteiger charge is 2.17. The molecule has 0 atom stereocenters. The van der Waals surface area contributed by atoms with Gasteiger partial charge in [-0.25, -0.2) is 9.37 Å². The molecular formula is C21H17FN4O. The van der Waals surface area contributed by atoms with Gasteiger partial charge < -0.3 is 10.2 Å². The van der Waals surface area contributed by atoms with Crippen LogP contribution < -0.4 is 5.32 Å². The van der Waals surface area contributed by atoms with Gasteiger partial charge in [0.1, 0.15) is 11.6 Å². The first-order chi connectivity index (χ1) is 13.1. The van der Waals surface area contributed by atoms with Gasteiger partial charge in [0.05, 0.1) is 17.2 Å². The zero-order valence-electron chi connectivity index (χ0n) is 14.7. The van der Waals surface area contributed by atoms with E-state index < -0.39 is 0 Å². The number of amides is 1. The second kappa shape index (κ2) is 8.11. The Morgan fingerprint density at radius 1 is 1.19 bits per heavy atom. The number of carbonyl (C=O) groups is 1. The van der Waals surface area contributed by atoms with E-state index in [2.05, 4.69) is 16.4 Å². The average molecular weight is 360 g/mol. The van der Waals surface area contributed by atoms with E-state index in [1.54, 1.807) is 60.6 Å². The van der Waals surface area contributed by atoms with Crippen molar-refractivity contribution in [1.82, 2.24) is 9.88 Å². The molecule has 1 heterocycles. The van der Waals surface area contributed by atoms with Gasteiger partial charge in [-0.1, -0.05) is 18.2 Å². The summed E-state index contributed by atoms with van der Waals surface area (Å²) in [5.41, 5.74) is 2.28. The first-order valence-corrected chi connectivity index (χ1v) is 8.29. The summed E-state index contributed by atoms with van der Waals surface area (Å²) in [5.74, 6) is -0.256. The molecular weight excluding hydrogens is 343 g/mol. The van der Waals surface area contributed by atoms with Crippen LogP contribution in [0.3, 0.4) is 0 Å². The van der Waals surface area contributed by atoms with E-state index in [9.17, 15) is 9.18 Å². The molecule has 134 valence electrons. The van der Waals surface area contributed by atoms with Gasteiger partial charge in [0.15, 0.2) is 0 Å². The lowest BCUT2D eigenvalue weighted by atomic mass is 10.1. The van der Waals surface area contributed by atoms with Gasteiger partial charge in [-0.3, -0.25) is 4.79 Å². The van der Waals surface area contributed by atoms with Crippen LogP contribution in [0.1, 0.15) is 21.5 Å². The van der Waals surface area contributed by atoms with Crippen LogP contribution in [0.5, 0.6) is 0 Å². The quantitative estimate of drug-likeness (QED) is 0.743. The average Bonchev–Trinajstić information content (AvgIpc) is 2.68. The Balaban J connectivity index is 1.81. The highest BCUT2D eigenvalue weighted by molar-refractivity contribution is 5.99. The fourth-order valence-corrected chi connectivity index (χ4v) is 2.67. The molecule has 0 aliphatic rings. The summed E-state index contributed by atoms with van der Waals surface area (Å²) in [5, 5.41) is 12.0. The fraction of sp³-hybridized carbons (Fsp3) is 0.0952. The molecule has 6 heteroatoms. The van der Waals surface area contributed by atoms with Crippen LogP contribution in [0, 0.1) is 17.1 Å². The van der Waals surface area contributed by atoms with Crippen LogP contribution in [-0.4, -0.2) is 22.8 Å². The highest BCUT2D eigenvalue weighted by Crippen LogP contribution is 2.21. The molecule has 0 fully saturated rings. The third-order valence-electron chi connectivity index (χ3n) is 3.95. The summed E-state index contributed by atoms with van der Waals surface area (Å²) in [7, 11) is 1.68. The molecule has 2 aromatic carbocycles. The van der Waals surface area contributed by atoms with Gasteiger partial charge in [-0.15, -0.1) is 0 Å². The van der Waals surface area contributed by atoms with E-state index in [1.165, 1.54) is 12.1 Å². The molecule has 1 N–H and O–H groups in total. The summed E-state index contributed by atoms with van der Waals surface area (Å²) in [4.78, 5) is 18.7. The lowest BCUT2D eigenvalue weighted by Gasteiger charge is -2.19. The van der Waals surface area contributed by atoms with Crippen LogP contribution in [0.2, 0.25) is 0 Å². The molecule has 0 radical (unpaired) electrons. The van der Waals surface area contributed by atoms with E-state index in [0.717, 1.165) is 5.56 Å². The number of anilines is 2. The number of nitrogens with one attached hydrogen (secondary N) is 1. The van der Waals surface area contributed by atoms with Crippen molar-refractivity contribution in [1.29, 1.82) is 5.26 Å². The van der Waals surface area contributed by atoms with Crippen LogP contribution in [0.15, 0.2) is 66.9 Å². The van der Waals surface area contributed by atoms with Crippen LogP contribution in [-0.2, 0) is 6.54 Å². The summed E-state index contributed by atoms with van der Waals surface area (Å²) >= 11 is 0. The Labute approximate surface area is 156 Å². The van der Waals surface area contributed by atoms with Crippen LogP contribution in [0.25, 0.3) is 0 Å². The number of nitrogens with zero attached hydrogens (tertiary/aromatic N) is 3. The van der Waals surface area contributed by atoms with Crippen LogP contribution >= 0.6 is 0 Å². The van der Waals surface area contributed by atoms with Crippen molar-refractivity contribution >= 4 is 17.4 Å². The zero-order chi connectivity index (χ0) is 19.2. The number of carbonyl (C=O) groups excluding carboxylic acids is 1. The fourth-order valence-electron chi connectivity index (χ4n) is 2.67. The molecule has 0 saturated carbocycles. The number of pyridine rings is 1. The van der Waals surface area contributed by atoms with Crippen molar-refractivity contribution in [2.24, 2.45) is 0 Å².